The summed E-state index contributed by atoms with van der Waals surface area (Å²) in [5.41, 5.74) is 0. The van der Waals surface area contributed by atoms with E-state index in [2.05, 4.69) is 32.7 Å². The third kappa shape index (κ3) is 47.9. The third-order valence-electron chi connectivity index (χ3n) is 10.4. The van der Waals surface area contributed by atoms with Crippen molar-refractivity contribution in [2.24, 2.45) is 5.92 Å². The molecule has 0 aliphatic rings. The summed E-state index contributed by atoms with van der Waals surface area (Å²) in [7, 11) is 0. The molecule has 0 aromatic heterocycles. The second-order valence-corrected chi connectivity index (χ2v) is 15.4. The van der Waals surface area contributed by atoms with E-state index in [1.165, 1.54) is 251 Å². The molecule has 0 spiro atoms. The highest BCUT2D eigenvalue weighted by molar-refractivity contribution is 4.62. The molecular weight excluding hydrogens is 567 g/mol. The first-order chi connectivity index (χ1) is 23.3. The van der Waals surface area contributed by atoms with Crippen molar-refractivity contribution in [1.29, 1.82) is 0 Å². The molecule has 0 fully saturated rings. The Morgan fingerprint density at radius 2 is 0.532 bits per heavy atom. The topological polar surface area (TPSA) is 12.0 Å². The van der Waals surface area contributed by atoms with Crippen LogP contribution in [0.25, 0.3) is 0 Å². The van der Waals surface area contributed by atoms with Crippen LogP contribution in [0.3, 0.4) is 0 Å². The van der Waals surface area contributed by atoms with Crippen LogP contribution in [0.5, 0.6) is 0 Å². The average molecular weight is 662 g/mol. The van der Waals surface area contributed by atoms with Gasteiger partial charge in [0.1, 0.15) is 0 Å². The molecule has 0 amide bonds. The first-order valence-corrected chi connectivity index (χ1v) is 22.5. The second-order valence-electron chi connectivity index (χ2n) is 15.4. The normalized spacial score (nSPS) is 11.3. The van der Waals surface area contributed by atoms with Crippen molar-refractivity contribution in [3.63, 3.8) is 0 Å². The van der Waals surface area contributed by atoms with Gasteiger partial charge in [0.25, 0.3) is 0 Å². The lowest BCUT2D eigenvalue weighted by Gasteiger charge is -2.17. The molecular formula is C46H95N. The molecule has 0 aliphatic heterocycles. The minimum absolute atomic E-state index is 1.03. The molecule has 0 aromatic carbocycles. The Labute approximate surface area is 301 Å². The molecule has 0 heterocycles. The number of allylic oxidation sites excluding steroid dienone is 1. The molecule has 47 heavy (non-hydrogen) atoms. The Kier molecular flexibility index (Phi) is 49.7. The van der Waals surface area contributed by atoms with Crippen LogP contribution >= 0.6 is 0 Å². The molecule has 0 aliphatic carbocycles. The maximum atomic E-state index is 3.71. The minimum atomic E-state index is 1.03. The standard InChI is InChI=1S/C43H89N.C3H6/c1-4-7-10-13-16-17-18-19-20-21-23-26-31-36-41-44-42-37-32-27-24-22-25-30-35-40-43(38-33-28-14-11-8-5-2)39-34-29-15-12-9-6-3;1-3-2/h43-44H,4-42H2,1-3H3;3H,1H2,2H3. The van der Waals surface area contributed by atoms with Gasteiger partial charge in [0.15, 0.2) is 0 Å². The van der Waals surface area contributed by atoms with Crippen LogP contribution in [-0.2, 0) is 0 Å². The van der Waals surface area contributed by atoms with Crippen LogP contribution < -0.4 is 5.32 Å². The Bertz CT molecular complexity index is 497. The predicted octanol–water partition coefficient (Wildman–Crippen LogP) is 16.9. The van der Waals surface area contributed by atoms with Gasteiger partial charge in [-0.2, -0.15) is 0 Å². The lowest BCUT2D eigenvalue weighted by Crippen LogP contribution is -2.16. The van der Waals surface area contributed by atoms with Gasteiger partial charge >= 0.3 is 0 Å². The van der Waals surface area contributed by atoms with Crippen LogP contribution in [-0.4, -0.2) is 13.1 Å². The van der Waals surface area contributed by atoms with Crippen LogP contribution in [0.4, 0.5) is 0 Å². The molecule has 0 aromatic rings. The van der Waals surface area contributed by atoms with Crippen molar-refractivity contribution < 1.29 is 0 Å². The highest BCUT2D eigenvalue weighted by atomic mass is 14.8. The number of unbranched alkanes of at least 4 members (excludes halogenated alkanes) is 30. The minimum Gasteiger partial charge on any atom is -0.317 e. The van der Waals surface area contributed by atoms with E-state index in [4.69, 9.17) is 0 Å². The van der Waals surface area contributed by atoms with E-state index in [1.807, 2.05) is 6.92 Å². The average Bonchev–Trinajstić information content (AvgIpc) is 3.07. The number of rotatable bonds is 40. The van der Waals surface area contributed by atoms with E-state index in [-0.39, 0.29) is 0 Å². The fourth-order valence-corrected chi connectivity index (χ4v) is 7.17. The Balaban J connectivity index is 0. The maximum absolute atomic E-state index is 3.71. The SMILES string of the molecule is C=CC.CCCCCCCCCCCCCCCCNCCCCCCCCCCC(CCCCCCCC)CCCCCCCC. The summed E-state index contributed by atoms with van der Waals surface area (Å²) < 4.78 is 0. The Morgan fingerprint density at radius 1 is 0.340 bits per heavy atom. The van der Waals surface area contributed by atoms with Crippen LogP contribution in [0.15, 0.2) is 12.7 Å². The quantitative estimate of drug-likeness (QED) is 0.0509. The lowest BCUT2D eigenvalue weighted by atomic mass is 9.89. The molecule has 1 N–H and O–H groups in total. The van der Waals surface area contributed by atoms with Gasteiger partial charge in [0, 0.05) is 0 Å². The Hall–Kier alpha value is -0.300. The summed E-state index contributed by atoms with van der Waals surface area (Å²) in [5.74, 6) is 1.03. The third-order valence-corrected chi connectivity index (χ3v) is 10.4. The molecule has 0 saturated carbocycles. The molecule has 1 nitrogen and oxygen atoms in total. The van der Waals surface area contributed by atoms with Crippen molar-refractivity contribution in [2.75, 3.05) is 13.1 Å². The highest BCUT2D eigenvalue weighted by Gasteiger charge is 2.09. The fourth-order valence-electron chi connectivity index (χ4n) is 7.17. The summed E-state index contributed by atoms with van der Waals surface area (Å²) in [6, 6.07) is 0. The van der Waals surface area contributed by atoms with Crippen LogP contribution in [0, 0.1) is 5.92 Å². The zero-order valence-electron chi connectivity index (χ0n) is 33.9. The number of hydrogen-bond acceptors (Lipinski definition) is 1. The summed E-state index contributed by atoms with van der Waals surface area (Å²) in [6.07, 6.45) is 55.9. The molecule has 0 rings (SSSR count). The molecule has 1 heteroatoms. The molecule has 0 radical (unpaired) electrons. The Morgan fingerprint density at radius 3 is 0.766 bits per heavy atom. The predicted molar refractivity (Wildman–Crippen MR) is 220 cm³/mol. The molecule has 284 valence electrons. The zero-order valence-corrected chi connectivity index (χ0v) is 33.9. The van der Waals surface area contributed by atoms with Crippen molar-refractivity contribution in [2.45, 2.75) is 265 Å². The molecule has 0 unspecified atom stereocenters. The molecule has 0 saturated heterocycles. The maximum Gasteiger partial charge on any atom is -0.00489 e. The van der Waals surface area contributed by atoms with Gasteiger partial charge in [-0.15, -0.1) is 6.58 Å². The number of nitrogens with one attached hydrogen (secondary N) is 1. The number of hydrogen-bond donors (Lipinski definition) is 1. The van der Waals surface area contributed by atoms with E-state index in [1.54, 1.807) is 6.08 Å². The first-order valence-electron chi connectivity index (χ1n) is 22.5. The van der Waals surface area contributed by atoms with E-state index in [0.717, 1.165) is 5.92 Å². The van der Waals surface area contributed by atoms with Crippen molar-refractivity contribution in [3.8, 4) is 0 Å². The highest BCUT2D eigenvalue weighted by Crippen LogP contribution is 2.25. The lowest BCUT2D eigenvalue weighted by molar-refractivity contribution is 0.365. The summed E-state index contributed by atoms with van der Waals surface area (Å²) >= 11 is 0. The fraction of sp³-hybridized carbons (Fsp3) is 0.957. The van der Waals surface area contributed by atoms with Crippen molar-refractivity contribution in [1.82, 2.24) is 5.32 Å². The largest absolute Gasteiger partial charge is 0.317 e. The van der Waals surface area contributed by atoms with Gasteiger partial charge in [-0.3, -0.25) is 0 Å². The summed E-state index contributed by atoms with van der Waals surface area (Å²) in [4.78, 5) is 0. The second kappa shape index (κ2) is 47.8. The smallest absolute Gasteiger partial charge is 0.00489 e. The van der Waals surface area contributed by atoms with Crippen molar-refractivity contribution in [3.05, 3.63) is 12.7 Å². The van der Waals surface area contributed by atoms with Gasteiger partial charge in [0.05, 0.1) is 0 Å². The molecule has 0 atom stereocenters. The first kappa shape index (κ1) is 48.8. The van der Waals surface area contributed by atoms with E-state index < -0.39 is 0 Å². The van der Waals surface area contributed by atoms with Crippen LogP contribution in [0.1, 0.15) is 265 Å². The van der Waals surface area contributed by atoms with Gasteiger partial charge in [-0.1, -0.05) is 252 Å². The van der Waals surface area contributed by atoms with Crippen molar-refractivity contribution >= 4 is 0 Å². The van der Waals surface area contributed by atoms with Gasteiger partial charge in [-0.25, -0.2) is 0 Å². The van der Waals surface area contributed by atoms with Crippen LogP contribution in [0.2, 0.25) is 0 Å². The monoisotopic (exact) mass is 662 g/mol. The summed E-state index contributed by atoms with van der Waals surface area (Å²) in [5, 5.41) is 3.71. The zero-order chi connectivity index (χ0) is 34.6. The van der Waals surface area contributed by atoms with E-state index >= 15 is 0 Å². The molecule has 0 bridgehead atoms. The van der Waals surface area contributed by atoms with Gasteiger partial charge < -0.3 is 5.32 Å². The van der Waals surface area contributed by atoms with Gasteiger partial charge in [0.2, 0.25) is 0 Å². The summed E-state index contributed by atoms with van der Waals surface area (Å²) in [6.45, 7) is 14.7. The van der Waals surface area contributed by atoms with E-state index in [0.29, 0.717) is 0 Å². The van der Waals surface area contributed by atoms with E-state index in [9.17, 15) is 0 Å². The van der Waals surface area contributed by atoms with Gasteiger partial charge in [-0.05, 0) is 38.8 Å².